The molecule has 4 N–H and O–H groups in total. The van der Waals surface area contributed by atoms with Crippen LogP contribution in [-0.2, 0) is 14.3 Å². The van der Waals surface area contributed by atoms with Gasteiger partial charge in [-0.05, 0) is 70.3 Å². The highest BCUT2D eigenvalue weighted by Gasteiger charge is 2.46. The molecule has 206 valence electrons. The van der Waals surface area contributed by atoms with Gasteiger partial charge in [0.1, 0.15) is 5.50 Å². The average Bonchev–Trinajstić information content (AvgIpc) is 3.34. The van der Waals surface area contributed by atoms with Crippen LogP contribution >= 0.6 is 11.8 Å². The number of nitrogens with zero attached hydrogens (tertiary/aromatic N) is 2. The van der Waals surface area contributed by atoms with E-state index in [1.807, 2.05) is 4.90 Å². The Morgan fingerprint density at radius 2 is 1.97 bits per heavy atom. The first-order valence-electron chi connectivity index (χ1n) is 14.4. The minimum atomic E-state index is -0.142. The van der Waals surface area contributed by atoms with E-state index >= 15 is 0 Å². The number of piperidine rings is 3. The molecule has 37 heavy (non-hydrogen) atoms. The Bertz CT molecular complexity index is 864. The number of thioether (sulfide) groups is 1. The first-order valence-corrected chi connectivity index (χ1v) is 15.3. The van der Waals surface area contributed by atoms with Crippen LogP contribution in [0.2, 0.25) is 0 Å². The molecule has 9 nitrogen and oxygen atoms in total. The molecule has 2 amide bonds. The molecule has 0 spiro atoms. The van der Waals surface area contributed by atoms with Gasteiger partial charge in [-0.3, -0.25) is 14.9 Å². The molecule has 4 aliphatic heterocycles. The van der Waals surface area contributed by atoms with Gasteiger partial charge in [0.2, 0.25) is 11.8 Å². The van der Waals surface area contributed by atoms with Gasteiger partial charge in [0.15, 0.2) is 0 Å². The monoisotopic (exact) mass is 532 g/mol. The number of fused-ring (bicyclic) bond motifs is 1. The van der Waals surface area contributed by atoms with Gasteiger partial charge < -0.3 is 25.6 Å². The Morgan fingerprint density at radius 3 is 2.73 bits per heavy atom. The second kappa shape index (κ2) is 12.2. The fourth-order valence-electron chi connectivity index (χ4n) is 7.38. The lowest BCUT2D eigenvalue weighted by Gasteiger charge is -2.44. The molecule has 0 aromatic carbocycles. The minimum Gasteiger partial charge on any atom is -0.381 e. The Balaban J connectivity index is 1.19. The van der Waals surface area contributed by atoms with E-state index in [1.54, 1.807) is 18.9 Å². The van der Waals surface area contributed by atoms with Crippen LogP contribution in [-0.4, -0.2) is 85.0 Å². The first-order chi connectivity index (χ1) is 18.0. The molecule has 5 aliphatic rings. The number of hydrogen-bond donors (Lipinski definition) is 4. The summed E-state index contributed by atoms with van der Waals surface area (Å²) in [6.45, 7) is 5.29. The molecule has 1 saturated carbocycles. The van der Waals surface area contributed by atoms with Crippen molar-refractivity contribution in [2.75, 3.05) is 33.3 Å². The van der Waals surface area contributed by atoms with Gasteiger partial charge in [0.25, 0.3) is 0 Å². The standard InChI is InChI=1S/C27H44N6O3S/c1-16-11-18(19-12-17(13-28)6-7-23(19)36-2)20(14-30-16)25(34)32-27-31-21-8-10-33(15-24(21)37-27)26(35)22-5-3-4-9-29-22/h16-24,27,29-31H,3-12,14-15H2,1-2H3,(H,32,34). The summed E-state index contributed by atoms with van der Waals surface area (Å²) in [4.78, 5) is 28.7. The van der Waals surface area contributed by atoms with Crippen LogP contribution in [0.4, 0.5) is 0 Å². The van der Waals surface area contributed by atoms with Crippen molar-refractivity contribution < 1.29 is 14.3 Å². The maximum absolute atomic E-state index is 13.7. The smallest absolute Gasteiger partial charge is 0.239 e. The predicted molar refractivity (Wildman–Crippen MR) is 143 cm³/mol. The molecule has 0 aromatic rings. The van der Waals surface area contributed by atoms with Gasteiger partial charge in [0, 0.05) is 50.0 Å². The van der Waals surface area contributed by atoms with Crippen molar-refractivity contribution in [3.8, 4) is 6.07 Å². The topological polar surface area (TPSA) is 119 Å². The number of ether oxygens (including phenoxy) is 1. The van der Waals surface area contributed by atoms with E-state index in [1.165, 1.54) is 0 Å². The summed E-state index contributed by atoms with van der Waals surface area (Å²) in [5, 5.41) is 23.7. The van der Waals surface area contributed by atoms with Gasteiger partial charge in [-0.1, -0.05) is 6.42 Å². The third-order valence-corrected chi connectivity index (χ3v) is 10.8. The summed E-state index contributed by atoms with van der Waals surface area (Å²) >= 11 is 1.76. The number of likely N-dealkylation sites (tertiary alicyclic amines) is 1. The summed E-state index contributed by atoms with van der Waals surface area (Å²) in [5.74, 6) is 0.658. The Morgan fingerprint density at radius 1 is 1.11 bits per heavy atom. The Kier molecular flexibility index (Phi) is 8.97. The second-order valence-electron chi connectivity index (χ2n) is 11.8. The molecule has 10 atom stereocenters. The average molecular weight is 533 g/mol. The lowest BCUT2D eigenvalue weighted by molar-refractivity contribution is -0.135. The zero-order valence-electron chi connectivity index (χ0n) is 22.3. The van der Waals surface area contributed by atoms with Crippen molar-refractivity contribution in [1.29, 1.82) is 5.26 Å². The fraction of sp³-hybridized carbons (Fsp3) is 0.889. The molecule has 5 rings (SSSR count). The van der Waals surface area contributed by atoms with Gasteiger partial charge in [0.05, 0.1) is 24.1 Å². The highest BCUT2D eigenvalue weighted by molar-refractivity contribution is 8.00. The summed E-state index contributed by atoms with van der Waals surface area (Å²) < 4.78 is 5.87. The molecular weight excluding hydrogens is 488 g/mol. The van der Waals surface area contributed by atoms with Crippen molar-refractivity contribution in [2.24, 2.45) is 23.7 Å². The van der Waals surface area contributed by atoms with Crippen LogP contribution in [0.3, 0.4) is 0 Å². The second-order valence-corrected chi connectivity index (χ2v) is 13.2. The van der Waals surface area contributed by atoms with E-state index in [9.17, 15) is 14.9 Å². The van der Waals surface area contributed by atoms with Crippen LogP contribution < -0.4 is 21.3 Å². The lowest BCUT2D eigenvalue weighted by Crippen LogP contribution is -2.56. The van der Waals surface area contributed by atoms with Crippen molar-refractivity contribution in [3.63, 3.8) is 0 Å². The van der Waals surface area contributed by atoms with E-state index in [0.29, 0.717) is 23.9 Å². The molecule has 0 aromatic heterocycles. The van der Waals surface area contributed by atoms with Gasteiger partial charge in [-0.25, -0.2) is 0 Å². The van der Waals surface area contributed by atoms with Gasteiger partial charge in [-0.2, -0.15) is 5.26 Å². The molecule has 4 heterocycles. The van der Waals surface area contributed by atoms with Crippen molar-refractivity contribution in [3.05, 3.63) is 0 Å². The number of amides is 2. The maximum atomic E-state index is 13.7. The predicted octanol–water partition coefficient (Wildman–Crippen LogP) is 1.40. The molecular formula is C27H44N6O3S. The number of methoxy groups -OCH3 is 1. The number of rotatable bonds is 5. The SMILES string of the molecule is COC1CCC(C#N)CC1C1CC(C)NCC1C(=O)NC1NC2CCN(C(=O)C3CCCCN3)CC2S1. The number of nitriles is 1. The van der Waals surface area contributed by atoms with E-state index in [0.717, 1.165) is 71.0 Å². The quantitative estimate of drug-likeness (QED) is 0.420. The summed E-state index contributed by atoms with van der Waals surface area (Å²) in [6, 6.07) is 3.10. The van der Waals surface area contributed by atoms with Crippen LogP contribution in [0.15, 0.2) is 0 Å². The highest BCUT2D eigenvalue weighted by Crippen LogP contribution is 2.42. The van der Waals surface area contributed by atoms with Crippen LogP contribution in [0.25, 0.3) is 0 Å². The summed E-state index contributed by atoms with van der Waals surface area (Å²) in [6.07, 6.45) is 7.73. The third kappa shape index (κ3) is 6.11. The van der Waals surface area contributed by atoms with E-state index in [-0.39, 0.29) is 53.1 Å². The first kappa shape index (κ1) is 27.2. The highest BCUT2D eigenvalue weighted by atomic mass is 32.2. The van der Waals surface area contributed by atoms with Crippen LogP contribution in [0, 0.1) is 35.0 Å². The van der Waals surface area contributed by atoms with Gasteiger partial charge >= 0.3 is 0 Å². The Hall–Kier alpha value is -1.38. The zero-order chi connectivity index (χ0) is 25.9. The number of carbonyl (C=O) groups excluding carboxylic acids is 2. The van der Waals surface area contributed by atoms with Crippen molar-refractivity contribution >= 4 is 23.6 Å². The van der Waals surface area contributed by atoms with Crippen molar-refractivity contribution in [2.45, 2.75) is 93.3 Å². The number of carbonyl (C=O) groups is 2. The minimum absolute atomic E-state index is 0.0327. The van der Waals surface area contributed by atoms with Gasteiger partial charge in [-0.15, -0.1) is 11.8 Å². The zero-order valence-corrected chi connectivity index (χ0v) is 23.1. The number of hydrogen-bond acceptors (Lipinski definition) is 8. The lowest BCUT2D eigenvalue weighted by atomic mass is 9.66. The largest absolute Gasteiger partial charge is 0.381 e. The fourth-order valence-corrected chi connectivity index (χ4v) is 8.84. The maximum Gasteiger partial charge on any atom is 0.239 e. The van der Waals surface area contributed by atoms with Crippen LogP contribution in [0.1, 0.15) is 58.3 Å². The normalized spacial score (nSPS) is 42.5. The van der Waals surface area contributed by atoms with E-state index < -0.39 is 0 Å². The molecule has 0 bridgehead atoms. The molecule has 10 unspecified atom stereocenters. The van der Waals surface area contributed by atoms with Crippen LogP contribution in [0.5, 0.6) is 0 Å². The molecule has 4 saturated heterocycles. The Labute approximate surface area is 225 Å². The third-order valence-electron chi connectivity index (χ3n) is 9.46. The summed E-state index contributed by atoms with van der Waals surface area (Å²) in [5.41, 5.74) is -0.137. The van der Waals surface area contributed by atoms with Crippen molar-refractivity contribution in [1.82, 2.24) is 26.2 Å². The summed E-state index contributed by atoms with van der Waals surface area (Å²) in [7, 11) is 1.77. The van der Waals surface area contributed by atoms with E-state index in [2.05, 4.69) is 34.3 Å². The molecule has 5 fully saturated rings. The molecule has 0 radical (unpaired) electrons. The number of nitrogens with one attached hydrogen (secondary N) is 4. The van der Waals surface area contributed by atoms with E-state index in [4.69, 9.17) is 4.74 Å². The molecule has 1 aliphatic carbocycles. The molecule has 10 heteroatoms.